The molecule has 1 aromatic carbocycles. The number of nitrogens with two attached hydrogens (primary N) is 1. The second-order valence-corrected chi connectivity index (χ2v) is 4.15. The molecule has 6 nitrogen and oxygen atoms in total. The first-order chi connectivity index (χ1) is 9.01. The summed E-state index contributed by atoms with van der Waals surface area (Å²) in [7, 11) is 0. The van der Waals surface area contributed by atoms with Gasteiger partial charge in [-0.05, 0) is 38.1 Å². The maximum Gasteiger partial charge on any atom is 0.411 e. The van der Waals surface area contributed by atoms with Gasteiger partial charge in [-0.3, -0.25) is 10.1 Å². The first-order valence-corrected chi connectivity index (χ1v) is 6.10. The van der Waals surface area contributed by atoms with Crippen molar-refractivity contribution in [3.05, 3.63) is 24.3 Å². The minimum atomic E-state index is -0.503. The molecule has 4 N–H and O–H groups in total. The molecule has 0 aliphatic heterocycles. The molecule has 104 valence electrons. The van der Waals surface area contributed by atoms with Crippen LogP contribution in [0.4, 0.5) is 16.2 Å². The summed E-state index contributed by atoms with van der Waals surface area (Å²) in [5.41, 5.74) is 6.79. The minimum absolute atomic E-state index is 0.138. The van der Waals surface area contributed by atoms with Gasteiger partial charge in [0.2, 0.25) is 5.91 Å². The highest BCUT2D eigenvalue weighted by molar-refractivity contribution is 5.91. The number of anilines is 2. The lowest BCUT2D eigenvalue weighted by Gasteiger charge is -2.09. The van der Waals surface area contributed by atoms with E-state index in [2.05, 4.69) is 10.6 Å². The lowest BCUT2D eigenvalue weighted by atomic mass is 10.2. The SMILES string of the molecule is CCOC(=O)Nc1ccc(NC(=O)CC(C)N)cc1. The van der Waals surface area contributed by atoms with E-state index in [0.717, 1.165) is 0 Å². The summed E-state index contributed by atoms with van der Waals surface area (Å²) in [5, 5.41) is 5.28. The third-order valence-corrected chi connectivity index (χ3v) is 2.20. The van der Waals surface area contributed by atoms with Crippen molar-refractivity contribution >= 4 is 23.4 Å². The molecule has 0 radical (unpaired) electrons. The highest BCUT2D eigenvalue weighted by Crippen LogP contribution is 2.14. The number of hydrogen-bond acceptors (Lipinski definition) is 4. The zero-order valence-electron chi connectivity index (χ0n) is 11.1. The van der Waals surface area contributed by atoms with Crippen LogP contribution in [0.2, 0.25) is 0 Å². The molecule has 1 aromatic rings. The molecule has 0 saturated carbocycles. The summed E-state index contributed by atoms with van der Waals surface area (Å²) >= 11 is 0. The molecule has 6 heteroatoms. The van der Waals surface area contributed by atoms with Gasteiger partial charge >= 0.3 is 6.09 Å². The summed E-state index contributed by atoms with van der Waals surface area (Å²) in [5.74, 6) is -0.138. The molecule has 0 fully saturated rings. The number of ether oxygens (including phenoxy) is 1. The monoisotopic (exact) mass is 265 g/mol. The Bertz CT molecular complexity index is 429. The van der Waals surface area contributed by atoms with Crippen molar-refractivity contribution in [1.29, 1.82) is 0 Å². The summed E-state index contributed by atoms with van der Waals surface area (Å²) in [6.07, 6.45) is -0.237. The summed E-state index contributed by atoms with van der Waals surface area (Å²) in [6, 6.07) is 6.57. The number of hydrogen-bond donors (Lipinski definition) is 3. The van der Waals surface area contributed by atoms with Crippen LogP contribution in [0.25, 0.3) is 0 Å². The number of amides is 2. The molecule has 0 aromatic heterocycles. The number of benzene rings is 1. The van der Waals surface area contributed by atoms with E-state index in [9.17, 15) is 9.59 Å². The lowest BCUT2D eigenvalue weighted by Crippen LogP contribution is -2.23. The predicted molar refractivity (Wildman–Crippen MR) is 74.0 cm³/mol. The molecule has 1 unspecified atom stereocenters. The van der Waals surface area contributed by atoms with E-state index in [1.807, 2.05) is 0 Å². The first kappa shape index (κ1) is 15.0. The normalized spacial score (nSPS) is 11.5. The van der Waals surface area contributed by atoms with Crippen LogP contribution >= 0.6 is 0 Å². The largest absolute Gasteiger partial charge is 0.450 e. The molecule has 1 rings (SSSR count). The highest BCUT2D eigenvalue weighted by atomic mass is 16.5. The molecule has 19 heavy (non-hydrogen) atoms. The molecule has 1 atom stereocenters. The van der Waals surface area contributed by atoms with E-state index < -0.39 is 6.09 Å². The summed E-state index contributed by atoms with van der Waals surface area (Å²) < 4.78 is 4.75. The standard InChI is InChI=1S/C13H19N3O3/c1-3-19-13(18)16-11-6-4-10(5-7-11)15-12(17)8-9(2)14/h4-7,9H,3,8,14H2,1-2H3,(H,15,17)(H,16,18). The highest BCUT2D eigenvalue weighted by Gasteiger charge is 2.06. The zero-order chi connectivity index (χ0) is 14.3. The third kappa shape index (κ3) is 5.87. The topological polar surface area (TPSA) is 93.5 Å². The molecule has 0 spiro atoms. The van der Waals surface area contributed by atoms with Crippen molar-refractivity contribution in [2.45, 2.75) is 26.3 Å². The maximum atomic E-state index is 11.5. The van der Waals surface area contributed by atoms with Gasteiger partial charge in [-0.25, -0.2) is 4.79 Å². The van der Waals surface area contributed by atoms with Crippen molar-refractivity contribution in [2.75, 3.05) is 17.2 Å². The first-order valence-electron chi connectivity index (χ1n) is 6.10. The Hall–Kier alpha value is -2.08. The van der Waals surface area contributed by atoms with Gasteiger partial charge < -0.3 is 15.8 Å². The predicted octanol–water partition coefficient (Wildman–Crippen LogP) is 1.93. The molecule has 0 aliphatic carbocycles. The van der Waals surface area contributed by atoms with Crippen molar-refractivity contribution < 1.29 is 14.3 Å². The molecule has 0 saturated heterocycles. The van der Waals surface area contributed by atoms with Gasteiger partial charge in [-0.15, -0.1) is 0 Å². The number of nitrogens with one attached hydrogen (secondary N) is 2. The Labute approximate surface area is 112 Å². The Morgan fingerprint density at radius 3 is 2.21 bits per heavy atom. The fourth-order valence-corrected chi connectivity index (χ4v) is 1.43. The zero-order valence-corrected chi connectivity index (χ0v) is 11.1. The van der Waals surface area contributed by atoms with E-state index in [0.29, 0.717) is 18.0 Å². The van der Waals surface area contributed by atoms with Crippen molar-refractivity contribution in [1.82, 2.24) is 0 Å². The summed E-state index contributed by atoms with van der Waals surface area (Å²) in [4.78, 5) is 22.7. The number of carbonyl (C=O) groups is 2. The third-order valence-electron chi connectivity index (χ3n) is 2.20. The van der Waals surface area contributed by atoms with Crippen LogP contribution in [-0.4, -0.2) is 24.6 Å². The minimum Gasteiger partial charge on any atom is -0.450 e. The smallest absolute Gasteiger partial charge is 0.411 e. The van der Waals surface area contributed by atoms with Crippen LogP contribution in [0, 0.1) is 0 Å². The quantitative estimate of drug-likeness (QED) is 0.758. The molecule has 0 heterocycles. The van der Waals surface area contributed by atoms with Crippen LogP contribution in [0.5, 0.6) is 0 Å². The van der Waals surface area contributed by atoms with Crippen LogP contribution in [-0.2, 0) is 9.53 Å². The number of rotatable bonds is 5. The molecule has 0 aliphatic rings. The van der Waals surface area contributed by atoms with Gasteiger partial charge in [-0.1, -0.05) is 0 Å². The van der Waals surface area contributed by atoms with Gasteiger partial charge in [0.1, 0.15) is 0 Å². The van der Waals surface area contributed by atoms with Crippen molar-refractivity contribution in [3.8, 4) is 0 Å². The van der Waals surface area contributed by atoms with Gasteiger partial charge in [0.05, 0.1) is 6.61 Å². The average Bonchev–Trinajstić information content (AvgIpc) is 2.31. The second kappa shape index (κ2) is 7.38. The molecular weight excluding hydrogens is 246 g/mol. The summed E-state index contributed by atoms with van der Waals surface area (Å²) in [6.45, 7) is 3.82. The Kier molecular flexibility index (Phi) is 5.81. The molecular formula is C13H19N3O3. The molecule has 0 bridgehead atoms. The van der Waals surface area contributed by atoms with Crippen molar-refractivity contribution in [3.63, 3.8) is 0 Å². The van der Waals surface area contributed by atoms with Gasteiger partial charge in [0, 0.05) is 23.8 Å². The van der Waals surface area contributed by atoms with Crippen LogP contribution in [0.1, 0.15) is 20.3 Å². The Balaban J connectivity index is 2.52. The van der Waals surface area contributed by atoms with Gasteiger partial charge in [0.15, 0.2) is 0 Å². The maximum absolute atomic E-state index is 11.5. The van der Waals surface area contributed by atoms with Gasteiger partial charge in [-0.2, -0.15) is 0 Å². The molecule has 2 amide bonds. The lowest BCUT2D eigenvalue weighted by molar-refractivity contribution is -0.116. The van der Waals surface area contributed by atoms with Crippen LogP contribution < -0.4 is 16.4 Å². The Morgan fingerprint density at radius 1 is 1.21 bits per heavy atom. The van der Waals surface area contributed by atoms with E-state index >= 15 is 0 Å². The fraction of sp³-hybridized carbons (Fsp3) is 0.385. The fourth-order valence-electron chi connectivity index (χ4n) is 1.43. The van der Waals surface area contributed by atoms with Crippen molar-refractivity contribution in [2.24, 2.45) is 5.73 Å². The van der Waals surface area contributed by atoms with Gasteiger partial charge in [0.25, 0.3) is 0 Å². The van der Waals surface area contributed by atoms with Crippen LogP contribution in [0.3, 0.4) is 0 Å². The van der Waals surface area contributed by atoms with E-state index in [4.69, 9.17) is 10.5 Å². The van der Waals surface area contributed by atoms with E-state index in [1.165, 1.54) is 0 Å². The average molecular weight is 265 g/mol. The Morgan fingerprint density at radius 2 is 1.74 bits per heavy atom. The number of carbonyl (C=O) groups excluding carboxylic acids is 2. The van der Waals surface area contributed by atoms with E-state index in [1.54, 1.807) is 38.1 Å². The second-order valence-electron chi connectivity index (χ2n) is 4.15. The van der Waals surface area contributed by atoms with Crippen LogP contribution in [0.15, 0.2) is 24.3 Å². The van der Waals surface area contributed by atoms with E-state index in [-0.39, 0.29) is 18.4 Å².